The van der Waals surface area contributed by atoms with Crippen LogP contribution < -0.4 is 50.4 Å². The minimum absolute atomic E-state index is 0. The van der Waals surface area contributed by atoms with Crippen molar-refractivity contribution in [3.05, 3.63) is 193 Å². The van der Waals surface area contributed by atoms with Gasteiger partial charge < -0.3 is 65.3 Å². The van der Waals surface area contributed by atoms with Gasteiger partial charge in [-0.15, -0.1) is 12.4 Å². The minimum atomic E-state index is -1.88. The van der Waals surface area contributed by atoms with E-state index >= 15 is 0 Å². The minimum Gasteiger partial charge on any atom is -0.361 e. The van der Waals surface area contributed by atoms with Crippen molar-refractivity contribution in [2.24, 2.45) is 34.4 Å². The average molecular weight is 1420 g/mol. The summed E-state index contributed by atoms with van der Waals surface area (Å²) in [6.45, 7) is 1.11. The lowest BCUT2D eigenvalue weighted by Gasteiger charge is -2.28. The molecule has 18 nitrogen and oxygen atoms in total. The van der Waals surface area contributed by atoms with Gasteiger partial charge in [0, 0.05) is 107 Å². The number of benzene rings is 6. The van der Waals surface area contributed by atoms with Gasteiger partial charge >= 0.3 is 0 Å². The number of anilines is 3. The highest BCUT2D eigenvalue weighted by Crippen LogP contribution is 2.36. The number of H-pyrrole nitrogens is 3. The number of amides is 3. The molecule has 3 aromatic heterocycles. The van der Waals surface area contributed by atoms with Crippen molar-refractivity contribution in [2.45, 2.75) is 99.6 Å². The Morgan fingerprint density at radius 3 is 0.899 bits per heavy atom. The molecule has 466 valence electrons. The molecule has 0 bridgehead atoms. The molecule has 22 heteroatoms. The first-order chi connectivity index (χ1) is 42.3. The Kier molecular flexibility index (Phi) is 22.9. The standard InChI is InChI=1S/C67H73Br3N12O6.ClH/c68-46-13-22-55-52(34-46)43(37-77-55)31-58(83)65(74,25-1-4-28-71)62(86)80-49-16-7-40(8-17-49)61(41-9-18-50(19-10-41)81-63(87)66(75,26-2-5-29-72)59(84)32-44-38-78-56-23-14-47(69)35-53(44)56)42-11-20-51(21-12-42)82-64(88)67(76,27-3-6-30-73)60(85)33-45-39-79-57-24-15-48(70)36-54(45)57;/h7-24,34-39,61,77-79H,1-6,25-33,71-76H2,(H,80,86)(H,81,87)(H,82,88);1H/t65-,66-,67-;/m1./s1. The maximum atomic E-state index is 14.4. The van der Waals surface area contributed by atoms with Crippen LogP contribution >= 0.6 is 60.2 Å². The Morgan fingerprint density at radius 1 is 0.393 bits per heavy atom. The molecule has 0 unspecified atom stereocenters. The van der Waals surface area contributed by atoms with Crippen molar-refractivity contribution < 1.29 is 28.8 Å². The third-order valence-corrected chi connectivity index (χ3v) is 18.0. The topological polar surface area (TPSA) is 342 Å². The van der Waals surface area contributed by atoms with E-state index in [9.17, 15) is 28.8 Å². The second-order valence-electron chi connectivity index (χ2n) is 22.6. The van der Waals surface area contributed by atoms with Crippen LogP contribution in [0.25, 0.3) is 32.7 Å². The van der Waals surface area contributed by atoms with Gasteiger partial charge in [0.1, 0.15) is 0 Å². The highest BCUT2D eigenvalue weighted by atomic mass is 79.9. The number of carbonyl (C=O) groups excluding carboxylic acids is 6. The van der Waals surface area contributed by atoms with Gasteiger partial charge in [0.2, 0.25) is 0 Å². The molecule has 89 heavy (non-hydrogen) atoms. The van der Waals surface area contributed by atoms with Crippen molar-refractivity contribution in [2.75, 3.05) is 35.6 Å². The molecular formula is C67H74Br3ClN12O6. The van der Waals surface area contributed by atoms with Crippen LogP contribution in [-0.4, -0.2) is 86.3 Å². The summed E-state index contributed by atoms with van der Waals surface area (Å²) in [5, 5.41) is 11.3. The van der Waals surface area contributed by atoms with Crippen molar-refractivity contribution in [1.82, 2.24) is 15.0 Å². The normalized spacial score (nSPS) is 13.6. The number of nitrogens with two attached hydrogens (primary N) is 6. The van der Waals surface area contributed by atoms with Gasteiger partial charge in [-0.2, -0.15) is 0 Å². The van der Waals surface area contributed by atoms with Gasteiger partial charge in [-0.25, -0.2) is 0 Å². The first-order valence-electron chi connectivity index (χ1n) is 29.3. The fraction of sp³-hybridized carbons (Fsp3) is 0.284. The second-order valence-corrected chi connectivity index (χ2v) is 25.4. The van der Waals surface area contributed by atoms with E-state index in [2.05, 4.69) is 78.7 Å². The molecule has 9 aromatic rings. The van der Waals surface area contributed by atoms with Crippen LogP contribution in [0, 0.1) is 0 Å². The second kappa shape index (κ2) is 30.1. The molecule has 3 atom stereocenters. The summed E-state index contributed by atoms with van der Waals surface area (Å²) in [5.41, 5.74) is 40.7. The van der Waals surface area contributed by atoms with E-state index in [4.69, 9.17) is 34.4 Å². The zero-order chi connectivity index (χ0) is 62.8. The molecule has 3 amide bonds. The molecule has 3 heterocycles. The van der Waals surface area contributed by atoms with Crippen LogP contribution in [0.15, 0.2) is 159 Å². The molecule has 0 radical (unpaired) electrons. The molecule has 0 spiro atoms. The summed E-state index contributed by atoms with van der Waals surface area (Å²) in [6.07, 6.45) is 8.32. The number of hydrogen-bond acceptors (Lipinski definition) is 12. The number of Topliss-reactive ketones (excluding diaryl/α,β-unsaturated/α-hetero) is 3. The highest BCUT2D eigenvalue weighted by molar-refractivity contribution is 9.11. The third-order valence-electron chi connectivity index (χ3n) is 16.5. The molecule has 0 saturated carbocycles. The number of fused-ring (bicyclic) bond motifs is 3. The van der Waals surface area contributed by atoms with E-state index in [0.717, 1.165) is 62.8 Å². The first-order valence-corrected chi connectivity index (χ1v) is 31.7. The van der Waals surface area contributed by atoms with Crippen LogP contribution in [0.2, 0.25) is 0 Å². The summed E-state index contributed by atoms with van der Waals surface area (Å²) in [5.74, 6) is -3.78. The van der Waals surface area contributed by atoms with Gasteiger partial charge in [0.05, 0.1) is 0 Å². The number of carbonyl (C=O) groups is 6. The summed E-state index contributed by atoms with van der Waals surface area (Å²) < 4.78 is 2.53. The lowest BCUT2D eigenvalue weighted by molar-refractivity contribution is -0.134. The monoisotopic (exact) mass is 1410 g/mol. The maximum Gasteiger partial charge on any atom is 0.252 e. The third kappa shape index (κ3) is 15.7. The van der Waals surface area contributed by atoms with Gasteiger partial charge in [0.15, 0.2) is 34.0 Å². The highest BCUT2D eigenvalue weighted by Gasteiger charge is 2.44. The number of rotatable bonds is 30. The predicted molar refractivity (Wildman–Crippen MR) is 367 cm³/mol. The maximum absolute atomic E-state index is 14.4. The lowest BCUT2D eigenvalue weighted by atomic mass is 9.83. The van der Waals surface area contributed by atoms with Crippen LogP contribution in [0.3, 0.4) is 0 Å². The average Bonchev–Trinajstić information content (AvgIpc) is 3.37. The van der Waals surface area contributed by atoms with E-state index in [-0.39, 0.29) is 50.9 Å². The molecule has 18 N–H and O–H groups in total. The molecule has 0 aliphatic heterocycles. The van der Waals surface area contributed by atoms with E-state index in [0.29, 0.717) is 91.9 Å². The van der Waals surface area contributed by atoms with Crippen molar-refractivity contribution in [1.29, 1.82) is 0 Å². The van der Waals surface area contributed by atoms with Gasteiger partial charge in [-0.05, 0) is 202 Å². The van der Waals surface area contributed by atoms with Crippen LogP contribution in [0.4, 0.5) is 17.1 Å². The molecule has 9 rings (SSSR count). The number of halogens is 4. The smallest absolute Gasteiger partial charge is 0.252 e. The van der Waals surface area contributed by atoms with E-state index in [1.807, 2.05) is 91.0 Å². The Morgan fingerprint density at radius 2 is 0.652 bits per heavy atom. The van der Waals surface area contributed by atoms with Crippen LogP contribution in [-0.2, 0) is 48.0 Å². The fourth-order valence-corrected chi connectivity index (χ4v) is 12.3. The molecule has 0 fully saturated rings. The van der Waals surface area contributed by atoms with Gasteiger partial charge in [0.25, 0.3) is 17.7 Å². The quantitative estimate of drug-likeness (QED) is 0.0114. The zero-order valence-corrected chi connectivity index (χ0v) is 54.6. The summed E-state index contributed by atoms with van der Waals surface area (Å²) in [4.78, 5) is 95.4. The number of aromatic amines is 3. The van der Waals surface area contributed by atoms with E-state index in [1.165, 1.54) is 0 Å². The van der Waals surface area contributed by atoms with Crippen LogP contribution in [0.1, 0.15) is 97.1 Å². The number of aromatic nitrogens is 3. The van der Waals surface area contributed by atoms with Crippen molar-refractivity contribution in [3.63, 3.8) is 0 Å². The zero-order valence-electron chi connectivity index (χ0n) is 49.0. The number of unbranched alkanes of at least 4 members (excludes halogenated alkanes) is 3. The van der Waals surface area contributed by atoms with Gasteiger partial charge in [-0.1, -0.05) is 84.2 Å². The molecular weight excluding hydrogens is 1340 g/mol. The van der Waals surface area contributed by atoms with Crippen molar-refractivity contribution in [3.8, 4) is 0 Å². The summed E-state index contributed by atoms with van der Waals surface area (Å²) in [6, 6.07) is 38.7. The Hall–Kier alpha value is -7.15. The number of hydrogen-bond donors (Lipinski definition) is 12. The van der Waals surface area contributed by atoms with E-state index in [1.54, 1.807) is 55.0 Å². The lowest BCUT2D eigenvalue weighted by Crippen LogP contribution is -2.58. The fourth-order valence-electron chi connectivity index (χ4n) is 11.2. The Balaban J connectivity index is 0.0000102. The number of nitrogens with one attached hydrogen (secondary N) is 6. The molecule has 6 aromatic carbocycles. The number of ketones is 3. The molecule has 0 aliphatic rings. The van der Waals surface area contributed by atoms with Gasteiger partial charge in [-0.3, -0.25) is 28.8 Å². The molecule has 0 saturated heterocycles. The Bertz CT molecular complexity index is 3600. The largest absolute Gasteiger partial charge is 0.361 e. The van der Waals surface area contributed by atoms with E-state index < -0.39 is 57.6 Å². The summed E-state index contributed by atoms with van der Waals surface area (Å²) >= 11 is 10.6. The summed E-state index contributed by atoms with van der Waals surface area (Å²) in [7, 11) is 0. The first kappa shape index (κ1) is 67.8. The molecule has 0 aliphatic carbocycles. The van der Waals surface area contributed by atoms with Crippen molar-refractivity contribution >= 4 is 145 Å². The Labute approximate surface area is 547 Å². The SMILES string of the molecule is Cl.NCCCC[C@@](N)(C(=O)Cc1c[nH]c2ccc(Br)cc12)C(=O)Nc1ccc(C(c2ccc(NC(=O)[C@@](N)(CCCCN)C(=O)Cc3c[nH]c4ccc(Br)cc34)cc2)c2ccc(NC(=O)[C@@](N)(CCCCN)C(=O)Cc3c[nH]c4ccc(Br)cc34)cc2)cc1. The predicted octanol–water partition coefficient (Wildman–Crippen LogP) is 10.8. The van der Waals surface area contributed by atoms with Crippen LogP contribution in [0.5, 0.6) is 0 Å².